The highest BCUT2D eigenvalue weighted by Crippen LogP contribution is 2.52. The van der Waals surface area contributed by atoms with Crippen LogP contribution in [0.3, 0.4) is 0 Å². The van der Waals surface area contributed by atoms with Crippen LogP contribution in [-0.2, 0) is 31.1 Å². The van der Waals surface area contributed by atoms with Gasteiger partial charge in [-0.2, -0.15) is 0 Å². The SMILES string of the molecule is C=C/C=C\c1cccc(-c2c3ccc(N4c5ccccc5CCc5ccccc54)cc3c(-c3ccc(-c4ccc5c(c4)-c4ccccc4C5(C)C)cc3)c3ccc(N4c5ccccc5CCc5ccccc54)cc23)c1. The van der Waals surface area contributed by atoms with E-state index >= 15 is 0 Å². The summed E-state index contributed by atoms with van der Waals surface area (Å²) in [6, 6.07) is 84.9. The minimum Gasteiger partial charge on any atom is -0.310 e. The second-order valence-corrected chi connectivity index (χ2v) is 21.1. The molecular formula is C73H56N2. The first-order valence-corrected chi connectivity index (χ1v) is 26.6. The van der Waals surface area contributed by atoms with E-state index in [4.69, 9.17) is 0 Å². The number of allylic oxidation sites excluding steroid dienone is 2. The average molecular weight is 961 g/mol. The molecular weight excluding hydrogens is 905 g/mol. The highest BCUT2D eigenvalue weighted by Gasteiger charge is 2.35. The molecule has 3 aliphatic rings. The standard InChI is InChI=1S/C73H56N2/c1-4-5-17-48-18-16-23-56(44-48)72-61-42-40-57(74-67-26-12-6-19-50(67)32-33-51-20-7-13-27-68(51)74)46-63(61)71(54-36-30-49(31-37-54)55-38-43-66-62(45-55)59-24-10-11-25-65(59)73(66,2)3)60-41-39-58(47-64(60)72)75-69-28-14-8-21-52(69)34-35-53-22-9-15-29-70(53)75/h4-31,36-47H,1,32-35H2,2-3H3/b17-5-. The van der Waals surface area contributed by atoms with Crippen LogP contribution < -0.4 is 9.80 Å². The zero-order chi connectivity index (χ0) is 50.2. The molecule has 0 saturated carbocycles. The van der Waals surface area contributed by atoms with E-state index < -0.39 is 0 Å². The van der Waals surface area contributed by atoms with Gasteiger partial charge in [0.05, 0.1) is 0 Å². The molecule has 2 heterocycles. The lowest BCUT2D eigenvalue weighted by atomic mass is 9.82. The Morgan fingerprint density at radius 2 is 0.840 bits per heavy atom. The Kier molecular flexibility index (Phi) is 10.7. The van der Waals surface area contributed by atoms with Gasteiger partial charge in [-0.05, 0) is 191 Å². The van der Waals surface area contributed by atoms with Gasteiger partial charge in [0.25, 0.3) is 0 Å². The number of rotatable bonds is 7. The molecule has 0 N–H and O–H groups in total. The van der Waals surface area contributed by atoms with E-state index in [9.17, 15) is 0 Å². The summed E-state index contributed by atoms with van der Waals surface area (Å²) < 4.78 is 0. The summed E-state index contributed by atoms with van der Waals surface area (Å²) in [4.78, 5) is 5.02. The average Bonchev–Trinajstić information content (AvgIpc) is 3.62. The molecule has 0 aromatic heterocycles. The van der Waals surface area contributed by atoms with Gasteiger partial charge in [0.2, 0.25) is 0 Å². The monoisotopic (exact) mass is 960 g/mol. The Bertz CT molecular complexity index is 4040. The molecule has 0 bridgehead atoms. The van der Waals surface area contributed by atoms with E-state index in [0.29, 0.717) is 0 Å². The normalized spacial score (nSPS) is 14.1. The van der Waals surface area contributed by atoms with Gasteiger partial charge in [-0.1, -0.05) is 202 Å². The minimum atomic E-state index is -0.0393. The van der Waals surface area contributed by atoms with Gasteiger partial charge in [-0.3, -0.25) is 0 Å². The van der Waals surface area contributed by atoms with Crippen LogP contribution in [0.4, 0.5) is 34.1 Å². The fraction of sp³-hybridized carbons (Fsp3) is 0.0959. The van der Waals surface area contributed by atoms with Gasteiger partial charge in [0.15, 0.2) is 0 Å². The molecule has 11 aromatic rings. The number of para-hydroxylation sites is 4. The maximum Gasteiger partial charge on any atom is 0.0493 e. The van der Waals surface area contributed by atoms with Crippen molar-refractivity contribution in [2.45, 2.75) is 44.9 Å². The zero-order valence-corrected chi connectivity index (χ0v) is 42.5. The van der Waals surface area contributed by atoms with Crippen LogP contribution in [0.5, 0.6) is 0 Å². The van der Waals surface area contributed by atoms with Gasteiger partial charge >= 0.3 is 0 Å². The molecule has 0 fully saturated rings. The summed E-state index contributed by atoms with van der Waals surface area (Å²) in [5, 5.41) is 4.84. The van der Waals surface area contributed by atoms with Crippen LogP contribution >= 0.6 is 0 Å². The summed E-state index contributed by atoms with van der Waals surface area (Å²) in [6.45, 7) is 8.71. The predicted molar refractivity (Wildman–Crippen MR) is 319 cm³/mol. The molecule has 0 radical (unpaired) electrons. The fourth-order valence-corrected chi connectivity index (χ4v) is 12.9. The molecule has 11 aromatic carbocycles. The molecule has 358 valence electrons. The number of hydrogen-bond acceptors (Lipinski definition) is 2. The lowest BCUT2D eigenvalue weighted by molar-refractivity contribution is 0.660. The van der Waals surface area contributed by atoms with Crippen LogP contribution in [-0.4, -0.2) is 0 Å². The van der Waals surface area contributed by atoms with E-state index in [2.05, 4.69) is 261 Å². The zero-order valence-electron chi connectivity index (χ0n) is 42.5. The van der Waals surface area contributed by atoms with Gasteiger partial charge in [-0.25, -0.2) is 0 Å². The lowest BCUT2D eigenvalue weighted by Gasteiger charge is -2.29. The van der Waals surface area contributed by atoms with Gasteiger partial charge < -0.3 is 9.80 Å². The number of anilines is 6. The molecule has 75 heavy (non-hydrogen) atoms. The van der Waals surface area contributed by atoms with Gasteiger partial charge in [-0.15, -0.1) is 0 Å². The Labute approximate surface area is 440 Å². The van der Waals surface area contributed by atoms with Crippen molar-refractivity contribution < 1.29 is 0 Å². The maximum atomic E-state index is 4.00. The van der Waals surface area contributed by atoms with Gasteiger partial charge in [0.1, 0.15) is 0 Å². The fourth-order valence-electron chi connectivity index (χ4n) is 12.9. The molecule has 14 rings (SSSR count). The Hall–Kier alpha value is -8.98. The first kappa shape index (κ1) is 44.7. The summed E-state index contributed by atoms with van der Waals surface area (Å²) in [6.07, 6.45) is 9.99. The highest BCUT2D eigenvalue weighted by atomic mass is 15.2. The van der Waals surface area contributed by atoms with E-state index in [0.717, 1.165) is 42.6 Å². The van der Waals surface area contributed by atoms with Crippen LogP contribution in [0.1, 0.15) is 52.8 Å². The van der Waals surface area contributed by atoms with Gasteiger partial charge in [0, 0.05) is 39.5 Å². The largest absolute Gasteiger partial charge is 0.310 e. The Morgan fingerprint density at radius 3 is 1.39 bits per heavy atom. The molecule has 0 spiro atoms. The van der Waals surface area contributed by atoms with Crippen LogP contribution in [0.25, 0.3) is 72.1 Å². The summed E-state index contributed by atoms with van der Waals surface area (Å²) >= 11 is 0. The third kappa shape index (κ3) is 7.38. The molecule has 0 amide bonds. The maximum absolute atomic E-state index is 4.00. The highest BCUT2D eigenvalue weighted by molar-refractivity contribution is 6.23. The number of benzene rings is 11. The Balaban J connectivity index is 1.04. The number of aryl methyl sites for hydroxylation is 4. The van der Waals surface area contributed by atoms with Crippen molar-refractivity contribution in [3.05, 3.63) is 282 Å². The van der Waals surface area contributed by atoms with E-state index in [1.54, 1.807) is 0 Å². The number of nitrogens with zero attached hydrogens (tertiary/aromatic N) is 2. The van der Waals surface area contributed by atoms with Crippen molar-refractivity contribution in [1.82, 2.24) is 0 Å². The molecule has 2 heteroatoms. The first-order chi connectivity index (χ1) is 36.9. The van der Waals surface area contributed by atoms with Crippen molar-refractivity contribution in [2.24, 2.45) is 0 Å². The van der Waals surface area contributed by atoms with Crippen LogP contribution in [0.15, 0.2) is 243 Å². The molecule has 0 atom stereocenters. The van der Waals surface area contributed by atoms with E-state index in [1.807, 2.05) is 12.2 Å². The second kappa shape index (κ2) is 17.9. The molecule has 1 aliphatic carbocycles. The quantitative estimate of drug-likeness (QED) is 0.116. The number of fused-ring (bicyclic) bond motifs is 9. The van der Waals surface area contributed by atoms with E-state index in [-0.39, 0.29) is 5.41 Å². The van der Waals surface area contributed by atoms with Crippen LogP contribution in [0, 0.1) is 0 Å². The summed E-state index contributed by atoms with van der Waals surface area (Å²) in [5.41, 5.74) is 26.4. The molecule has 2 nitrogen and oxygen atoms in total. The van der Waals surface area contributed by atoms with Crippen molar-refractivity contribution in [2.75, 3.05) is 9.80 Å². The Morgan fingerprint density at radius 1 is 0.373 bits per heavy atom. The van der Waals surface area contributed by atoms with Crippen molar-refractivity contribution >= 4 is 61.7 Å². The van der Waals surface area contributed by atoms with Crippen molar-refractivity contribution in [3.8, 4) is 44.5 Å². The molecule has 0 unspecified atom stereocenters. The van der Waals surface area contributed by atoms with Crippen LogP contribution in [0.2, 0.25) is 0 Å². The third-order valence-electron chi connectivity index (χ3n) is 16.5. The predicted octanol–water partition coefficient (Wildman–Crippen LogP) is 19.6. The minimum absolute atomic E-state index is 0.0393. The molecule has 0 saturated heterocycles. The van der Waals surface area contributed by atoms with E-state index in [1.165, 1.54) is 122 Å². The molecule has 2 aliphatic heterocycles. The first-order valence-electron chi connectivity index (χ1n) is 26.6. The second-order valence-electron chi connectivity index (χ2n) is 21.1. The van der Waals surface area contributed by atoms with Crippen molar-refractivity contribution in [1.29, 1.82) is 0 Å². The lowest BCUT2D eigenvalue weighted by Crippen LogP contribution is -2.14. The number of hydrogen-bond donors (Lipinski definition) is 0. The summed E-state index contributed by atoms with van der Waals surface area (Å²) in [5.74, 6) is 0. The third-order valence-corrected chi connectivity index (χ3v) is 16.5. The topological polar surface area (TPSA) is 6.48 Å². The summed E-state index contributed by atoms with van der Waals surface area (Å²) in [7, 11) is 0. The smallest absolute Gasteiger partial charge is 0.0493 e. The van der Waals surface area contributed by atoms with Crippen molar-refractivity contribution in [3.63, 3.8) is 0 Å².